The van der Waals surface area contributed by atoms with Gasteiger partial charge in [-0.05, 0) is 18.2 Å². The van der Waals surface area contributed by atoms with Crippen LogP contribution in [0.15, 0.2) is 18.2 Å². The molecule has 1 aliphatic rings. The molecule has 0 saturated carbocycles. The van der Waals surface area contributed by atoms with Gasteiger partial charge in [-0.1, -0.05) is 0 Å². The molecule has 0 radical (unpaired) electrons. The predicted molar refractivity (Wildman–Crippen MR) is 66.8 cm³/mol. The highest BCUT2D eigenvalue weighted by Crippen LogP contribution is 2.18. The topological polar surface area (TPSA) is 89.7 Å². The van der Waals surface area contributed by atoms with Crippen molar-refractivity contribution in [2.24, 2.45) is 5.73 Å². The minimum atomic E-state index is -0.904. The molecule has 1 atom stereocenters. The highest BCUT2D eigenvalue weighted by atomic mass is 19.1. The molecule has 1 aromatic rings. The molecule has 2 amide bonds. The summed E-state index contributed by atoms with van der Waals surface area (Å²) in [6.07, 6.45) is -0.393. The summed E-state index contributed by atoms with van der Waals surface area (Å²) >= 11 is 0. The number of primary amides is 1. The molecule has 106 valence electrons. The zero-order valence-electron chi connectivity index (χ0n) is 10.5. The Hall–Kier alpha value is -2.44. The average Bonchev–Trinajstić information content (AvgIpc) is 2.86. The van der Waals surface area contributed by atoms with Gasteiger partial charge in [0.1, 0.15) is 18.2 Å². The molecule has 1 heterocycles. The van der Waals surface area contributed by atoms with E-state index in [1.54, 1.807) is 0 Å². The maximum atomic E-state index is 13.6. The zero-order chi connectivity index (χ0) is 14.7. The van der Waals surface area contributed by atoms with E-state index in [-0.39, 0.29) is 17.7 Å². The van der Waals surface area contributed by atoms with Crippen LogP contribution in [0.2, 0.25) is 0 Å². The SMILES string of the molecule is NC(=O)OC1CCN(C(=O)c2cc(C=O)ccc2F)C1. The van der Waals surface area contributed by atoms with Gasteiger partial charge in [0, 0.05) is 18.5 Å². The normalized spacial score (nSPS) is 17.9. The van der Waals surface area contributed by atoms with E-state index in [9.17, 15) is 18.8 Å². The lowest BCUT2D eigenvalue weighted by molar-refractivity contribution is 0.0735. The molecular weight excluding hydrogens is 267 g/mol. The zero-order valence-corrected chi connectivity index (χ0v) is 10.5. The van der Waals surface area contributed by atoms with Gasteiger partial charge in [-0.3, -0.25) is 9.59 Å². The first-order valence-electron chi connectivity index (χ1n) is 6.01. The van der Waals surface area contributed by atoms with Crippen molar-refractivity contribution in [2.75, 3.05) is 13.1 Å². The number of hydrogen-bond donors (Lipinski definition) is 1. The molecule has 2 rings (SSSR count). The molecule has 20 heavy (non-hydrogen) atoms. The van der Waals surface area contributed by atoms with Gasteiger partial charge in [-0.15, -0.1) is 0 Å². The summed E-state index contributed by atoms with van der Waals surface area (Å²) in [5.41, 5.74) is 4.95. The molecule has 2 N–H and O–H groups in total. The van der Waals surface area contributed by atoms with Crippen LogP contribution >= 0.6 is 0 Å². The van der Waals surface area contributed by atoms with Crippen molar-refractivity contribution in [3.8, 4) is 0 Å². The van der Waals surface area contributed by atoms with Gasteiger partial charge in [-0.25, -0.2) is 9.18 Å². The van der Waals surface area contributed by atoms with Crippen molar-refractivity contribution in [1.29, 1.82) is 0 Å². The standard InChI is InChI=1S/C13H13FN2O4/c14-11-2-1-8(7-17)5-10(11)12(18)16-4-3-9(6-16)20-13(15)19/h1-2,5,7,9H,3-4,6H2,(H2,15,19). The van der Waals surface area contributed by atoms with Crippen molar-refractivity contribution < 1.29 is 23.5 Å². The van der Waals surface area contributed by atoms with Crippen LogP contribution in [0.4, 0.5) is 9.18 Å². The average molecular weight is 280 g/mol. The number of halogens is 1. The Bertz CT molecular complexity index is 561. The van der Waals surface area contributed by atoms with Crippen molar-refractivity contribution in [1.82, 2.24) is 4.90 Å². The van der Waals surface area contributed by atoms with Gasteiger partial charge in [-0.2, -0.15) is 0 Å². The minimum Gasteiger partial charge on any atom is -0.444 e. The highest BCUT2D eigenvalue weighted by molar-refractivity contribution is 5.96. The number of benzene rings is 1. The molecule has 1 saturated heterocycles. The van der Waals surface area contributed by atoms with Crippen LogP contribution in [-0.2, 0) is 4.74 Å². The Labute approximate surface area is 114 Å². The van der Waals surface area contributed by atoms with E-state index in [1.807, 2.05) is 0 Å². The van der Waals surface area contributed by atoms with Gasteiger partial charge in [0.15, 0.2) is 0 Å². The first kappa shape index (κ1) is 14.0. The van der Waals surface area contributed by atoms with Crippen LogP contribution in [0.3, 0.4) is 0 Å². The number of carbonyl (C=O) groups excluding carboxylic acids is 3. The van der Waals surface area contributed by atoms with Crippen LogP contribution < -0.4 is 5.73 Å². The summed E-state index contributed by atoms with van der Waals surface area (Å²) < 4.78 is 18.4. The summed E-state index contributed by atoms with van der Waals surface area (Å²) in [5, 5.41) is 0. The Balaban J connectivity index is 2.12. The largest absolute Gasteiger partial charge is 0.444 e. The maximum absolute atomic E-state index is 13.6. The summed E-state index contributed by atoms with van der Waals surface area (Å²) in [5.74, 6) is -1.23. The molecule has 0 aliphatic carbocycles. The van der Waals surface area contributed by atoms with Crippen molar-refractivity contribution in [3.63, 3.8) is 0 Å². The second-order valence-corrected chi connectivity index (χ2v) is 4.46. The first-order chi connectivity index (χ1) is 9.51. The third-order valence-corrected chi connectivity index (χ3v) is 3.07. The molecule has 0 bridgehead atoms. The van der Waals surface area contributed by atoms with Crippen LogP contribution in [0, 0.1) is 5.82 Å². The fourth-order valence-corrected chi connectivity index (χ4v) is 2.12. The van der Waals surface area contributed by atoms with Crippen LogP contribution in [0.5, 0.6) is 0 Å². The summed E-state index contributed by atoms with van der Waals surface area (Å²) in [4.78, 5) is 34.8. The molecule has 1 fully saturated rings. The smallest absolute Gasteiger partial charge is 0.404 e. The Kier molecular flexibility index (Phi) is 3.97. The molecule has 7 heteroatoms. The lowest BCUT2D eigenvalue weighted by Gasteiger charge is -2.16. The monoisotopic (exact) mass is 280 g/mol. The van der Waals surface area contributed by atoms with E-state index in [1.165, 1.54) is 17.0 Å². The predicted octanol–water partition coefficient (Wildman–Crippen LogP) is 0.948. The molecular formula is C13H13FN2O4. The number of carbonyl (C=O) groups is 3. The number of hydrogen-bond acceptors (Lipinski definition) is 4. The number of ether oxygens (including phenoxy) is 1. The quantitative estimate of drug-likeness (QED) is 0.835. The number of likely N-dealkylation sites (tertiary alicyclic amines) is 1. The fourth-order valence-electron chi connectivity index (χ4n) is 2.12. The van der Waals surface area contributed by atoms with Crippen molar-refractivity contribution in [3.05, 3.63) is 35.1 Å². The molecule has 0 aromatic heterocycles. The van der Waals surface area contributed by atoms with Crippen LogP contribution in [0.1, 0.15) is 27.1 Å². The highest BCUT2D eigenvalue weighted by Gasteiger charge is 2.30. The van der Waals surface area contributed by atoms with Crippen molar-refractivity contribution >= 4 is 18.3 Å². The second kappa shape index (κ2) is 5.68. The van der Waals surface area contributed by atoms with E-state index >= 15 is 0 Å². The molecule has 6 nitrogen and oxygen atoms in total. The Morgan fingerprint density at radius 1 is 1.45 bits per heavy atom. The number of aldehydes is 1. The Morgan fingerprint density at radius 3 is 2.85 bits per heavy atom. The minimum absolute atomic E-state index is 0.159. The molecule has 1 aromatic carbocycles. The van der Waals surface area contributed by atoms with E-state index < -0.39 is 23.9 Å². The third-order valence-electron chi connectivity index (χ3n) is 3.07. The second-order valence-electron chi connectivity index (χ2n) is 4.46. The van der Waals surface area contributed by atoms with Gasteiger partial charge >= 0.3 is 6.09 Å². The summed E-state index contributed by atoms with van der Waals surface area (Å²) in [6.45, 7) is 0.494. The van der Waals surface area contributed by atoms with Gasteiger partial charge in [0.2, 0.25) is 0 Å². The van der Waals surface area contributed by atoms with E-state index in [0.717, 1.165) is 6.07 Å². The molecule has 0 spiro atoms. The summed E-state index contributed by atoms with van der Waals surface area (Å²) in [7, 11) is 0. The van der Waals surface area contributed by atoms with Gasteiger partial charge in [0.05, 0.1) is 12.1 Å². The third kappa shape index (κ3) is 2.93. The number of nitrogens with zero attached hydrogens (tertiary/aromatic N) is 1. The van der Waals surface area contributed by atoms with E-state index in [4.69, 9.17) is 10.5 Å². The Morgan fingerprint density at radius 2 is 2.20 bits per heavy atom. The van der Waals surface area contributed by atoms with E-state index in [0.29, 0.717) is 19.3 Å². The van der Waals surface area contributed by atoms with Gasteiger partial charge < -0.3 is 15.4 Å². The fraction of sp³-hybridized carbons (Fsp3) is 0.308. The number of nitrogens with two attached hydrogens (primary N) is 1. The molecule has 1 unspecified atom stereocenters. The molecule has 1 aliphatic heterocycles. The first-order valence-corrected chi connectivity index (χ1v) is 6.01. The number of amides is 2. The number of rotatable bonds is 3. The summed E-state index contributed by atoms with van der Waals surface area (Å²) in [6, 6.07) is 3.57. The lowest BCUT2D eigenvalue weighted by atomic mass is 10.1. The van der Waals surface area contributed by atoms with E-state index in [2.05, 4.69) is 0 Å². The van der Waals surface area contributed by atoms with Crippen LogP contribution in [-0.4, -0.2) is 42.4 Å². The lowest BCUT2D eigenvalue weighted by Crippen LogP contribution is -2.32. The maximum Gasteiger partial charge on any atom is 0.404 e. The van der Waals surface area contributed by atoms with Crippen LogP contribution in [0.25, 0.3) is 0 Å². The van der Waals surface area contributed by atoms with Gasteiger partial charge in [0.25, 0.3) is 5.91 Å². The van der Waals surface area contributed by atoms with Crippen molar-refractivity contribution in [2.45, 2.75) is 12.5 Å².